The molecule has 1 fully saturated rings. The number of methoxy groups -OCH3 is 1. The third kappa shape index (κ3) is 3.57. The number of hydrogen-bond donors (Lipinski definition) is 2. The molecule has 1 saturated heterocycles. The first kappa shape index (κ1) is 15.2. The highest BCUT2D eigenvalue weighted by Crippen LogP contribution is 2.21. The number of carbonyl (C=O) groups excluding carboxylic acids is 2. The molecule has 0 radical (unpaired) electrons. The van der Waals surface area contributed by atoms with E-state index in [-0.39, 0.29) is 32.2 Å². The Kier molecular flexibility index (Phi) is 5.11. The van der Waals surface area contributed by atoms with Crippen LogP contribution in [0, 0.1) is 0 Å². The third-order valence-corrected chi connectivity index (χ3v) is 3.13. The van der Waals surface area contributed by atoms with E-state index in [9.17, 15) is 14.4 Å². The normalized spacial score (nSPS) is 22.3. The first-order valence-electron chi connectivity index (χ1n) is 6.00. The number of likely N-dealkylation sites (tertiary alicyclic amines) is 1. The predicted octanol–water partition coefficient (Wildman–Crippen LogP) is -0.912. The minimum atomic E-state index is -1.08. The molecule has 1 rings (SSSR count). The van der Waals surface area contributed by atoms with Crippen LogP contribution < -0.4 is 5.73 Å². The van der Waals surface area contributed by atoms with Gasteiger partial charge in [0.25, 0.3) is 0 Å². The summed E-state index contributed by atoms with van der Waals surface area (Å²) in [5.41, 5.74) is 5.06. The van der Waals surface area contributed by atoms with Crippen LogP contribution >= 0.6 is 0 Å². The maximum Gasteiger partial charge on any atom is 0.326 e. The van der Waals surface area contributed by atoms with Crippen molar-refractivity contribution in [2.24, 2.45) is 5.73 Å². The molecule has 19 heavy (non-hydrogen) atoms. The van der Waals surface area contributed by atoms with Gasteiger partial charge in [-0.15, -0.1) is 0 Å². The zero-order chi connectivity index (χ0) is 14.6. The van der Waals surface area contributed by atoms with E-state index >= 15 is 0 Å². The molecule has 1 aliphatic heterocycles. The number of carboxylic acid groups (broad SMARTS) is 1. The highest BCUT2D eigenvalue weighted by Gasteiger charge is 2.41. The van der Waals surface area contributed by atoms with Gasteiger partial charge in [-0.05, 0) is 6.92 Å². The van der Waals surface area contributed by atoms with Crippen LogP contribution in [-0.4, -0.2) is 71.7 Å². The van der Waals surface area contributed by atoms with Gasteiger partial charge in [0.05, 0.1) is 6.10 Å². The molecule has 1 aliphatic rings. The number of amides is 3. The van der Waals surface area contributed by atoms with Crippen molar-refractivity contribution in [3.05, 3.63) is 0 Å². The predicted molar refractivity (Wildman–Crippen MR) is 65.4 cm³/mol. The summed E-state index contributed by atoms with van der Waals surface area (Å²) in [5.74, 6) is -1.72. The Morgan fingerprint density at radius 1 is 1.47 bits per heavy atom. The Hall–Kier alpha value is -1.83. The summed E-state index contributed by atoms with van der Waals surface area (Å²) in [6.07, 6.45) is -0.0663. The van der Waals surface area contributed by atoms with Crippen molar-refractivity contribution in [3.63, 3.8) is 0 Å². The number of aliphatic carboxylic acids is 1. The number of likely N-dealkylation sites (N-methyl/N-ethyl adjacent to an activating group) is 1. The van der Waals surface area contributed by atoms with Crippen LogP contribution in [-0.2, 0) is 14.3 Å². The quantitative estimate of drug-likeness (QED) is 0.673. The molecule has 0 aliphatic carbocycles. The SMILES string of the molecule is CCN(CC(N)=O)C(=O)N1CC(OC)CC1C(=O)O. The van der Waals surface area contributed by atoms with Crippen molar-refractivity contribution >= 4 is 17.9 Å². The lowest BCUT2D eigenvalue weighted by atomic mass is 10.2. The fraction of sp³-hybridized carbons (Fsp3) is 0.727. The second kappa shape index (κ2) is 6.37. The summed E-state index contributed by atoms with van der Waals surface area (Å²) >= 11 is 0. The number of primary amides is 1. The number of carboxylic acids is 1. The lowest BCUT2D eigenvalue weighted by molar-refractivity contribution is -0.141. The maximum atomic E-state index is 12.2. The zero-order valence-electron chi connectivity index (χ0n) is 11.0. The Bertz CT molecular complexity index is 373. The van der Waals surface area contributed by atoms with E-state index < -0.39 is 23.9 Å². The average molecular weight is 273 g/mol. The molecule has 0 aromatic heterocycles. The topological polar surface area (TPSA) is 113 Å². The van der Waals surface area contributed by atoms with Crippen LogP contribution in [0.1, 0.15) is 13.3 Å². The number of urea groups is 1. The van der Waals surface area contributed by atoms with Crippen molar-refractivity contribution in [1.29, 1.82) is 0 Å². The standard InChI is InChI=1S/C11H19N3O5/c1-3-13(6-9(12)15)11(18)14-5-7(19-2)4-8(14)10(16)17/h7-8H,3-6H2,1-2H3,(H2,12,15)(H,16,17). The van der Waals surface area contributed by atoms with E-state index in [4.69, 9.17) is 15.6 Å². The molecule has 0 bridgehead atoms. The Morgan fingerprint density at radius 2 is 2.11 bits per heavy atom. The van der Waals surface area contributed by atoms with E-state index in [2.05, 4.69) is 0 Å². The molecular formula is C11H19N3O5. The molecule has 0 saturated carbocycles. The lowest BCUT2D eigenvalue weighted by Crippen LogP contribution is -2.50. The van der Waals surface area contributed by atoms with Gasteiger partial charge in [0.1, 0.15) is 12.6 Å². The van der Waals surface area contributed by atoms with Gasteiger partial charge in [-0.1, -0.05) is 0 Å². The van der Waals surface area contributed by atoms with E-state index in [0.29, 0.717) is 0 Å². The number of nitrogens with zero attached hydrogens (tertiary/aromatic N) is 2. The van der Waals surface area contributed by atoms with Crippen molar-refractivity contribution in [3.8, 4) is 0 Å². The fourth-order valence-corrected chi connectivity index (χ4v) is 2.10. The minimum Gasteiger partial charge on any atom is -0.480 e. The van der Waals surface area contributed by atoms with Gasteiger partial charge in [0.15, 0.2) is 0 Å². The van der Waals surface area contributed by atoms with Gasteiger partial charge in [0.2, 0.25) is 5.91 Å². The molecule has 0 aromatic rings. The molecule has 108 valence electrons. The molecule has 3 N–H and O–H groups in total. The number of hydrogen-bond acceptors (Lipinski definition) is 4. The Labute approximate surface area is 111 Å². The van der Waals surface area contributed by atoms with E-state index in [0.717, 1.165) is 0 Å². The second-order valence-corrected chi connectivity index (χ2v) is 4.36. The van der Waals surface area contributed by atoms with Crippen molar-refractivity contribution in [2.45, 2.75) is 25.5 Å². The van der Waals surface area contributed by atoms with Gasteiger partial charge >= 0.3 is 12.0 Å². The highest BCUT2D eigenvalue weighted by molar-refractivity contribution is 5.86. The number of carbonyl (C=O) groups is 3. The molecule has 8 nitrogen and oxygen atoms in total. The highest BCUT2D eigenvalue weighted by atomic mass is 16.5. The summed E-state index contributed by atoms with van der Waals surface area (Å²) in [7, 11) is 1.47. The van der Waals surface area contributed by atoms with Crippen molar-refractivity contribution in [2.75, 3.05) is 26.7 Å². The number of ether oxygens (including phenoxy) is 1. The van der Waals surface area contributed by atoms with Crippen LogP contribution in [0.2, 0.25) is 0 Å². The number of rotatable bonds is 5. The van der Waals surface area contributed by atoms with Crippen LogP contribution in [0.25, 0.3) is 0 Å². The average Bonchev–Trinajstić information content (AvgIpc) is 2.79. The van der Waals surface area contributed by atoms with E-state index in [1.54, 1.807) is 6.92 Å². The van der Waals surface area contributed by atoms with E-state index in [1.165, 1.54) is 16.9 Å². The van der Waals surface area contributed by atoms with Gasteiger partial charge < -0.3 is 25.4 Å². The fourth-order valence-electron chi connectivity index (χ4n) is 2.10. The maximum absolute atomic E-state index is 12.2. The third-order valence-electron chi connectivity index (χ3n) is 3.13. The molecule has 0 spiro atoms. The monoisotopic (exact) mass is 273 g/mol. The minimum absolute atomic E-state index is 0.196. The molecular weight excluding hydrogens is 254 g/mol. The van der Waals surface area contributed by atoms with Crippen LogP contribution in [0.15, 0.2) is 0 Å². The molecule has 1 heterocycles. The first-order valence-corrected chi connectivity index (χ1v) is 6.00. The molecule has 0 aromatic carbocycles. The molecule has 8 heteroatoms. The van der Waals surface area contributed by atoms with Gasteiger partial charge in [-0.3, -0.25) is 4.79 Å². The smallest absolute Gasteiger partial charge is 0.326 e. The first-order chi connectivity index (χ1) is 8.90. The Balaban J connectivity index is 2.82. The van der Waals surface area contributed by atoms with Crippen molar-refractivity contribution < 1.29 is 24.2 Å². The zero-order valence-corrected chi connectivity index (χ0v) is 11.0. The molecule has 2 unspecified atom stereocenters. The Morgan fingerprint density at radius 3 is 2.53 bits per heavy atom. The van der Waals surface area contributed by atoms with Crippen LogP contribution in [0.3, 0.4) is 0 Å². The summed E-state index contributed by atoms with van der Waals surface area (Å²) in [6.45, 7) is 1.94. The van der Waals surface area contributed by atoms with E-state index in [1.807, 2.05) is 0 Å². The van der Waals surface area contributed by atoms with Gasteiger partial charge in [-0.25, -0.2) is 9.59 Å². The second-order valence-electron chi connectivity index (χ2n) is 4.36. The summed E-state index contributed by atoms with van der Waals surface area (Å²) in [6, 6.07) is -1.44. The summed E-state index contributed by atoms with van der Waals surface area (Å²) < 4.78 is 5.10. The van der Waals surface area contributed by atoms with Crippen LogP contribution in [0.5, 0.6) is 0 Å². The lowest BCUT2D eigenvalue weighted by Gasteiger charge is -2.28. The molecule has 3 amide bonds. The van der Waals surface area contributed by atoms with Crippen LogP contribution in [0.4, 0.5) is 4.79 Å². The molecule has 2 atom stereocenters. The van der Waals surface area contributed by atoms with Gasteiger partial charge in [-0.2, -0.15) is 0 Å². The van der Waals surface area contributed by atoms with Gasteiger partial charge in [0, 0.05) is 26.6 Å². The van der Waals surface area contributed by atoms with Crippen molar-refractivity contribution in [1.82, 2.24) is 9.80 Å². The summed E-state index contributed by atoms with van der Waals surface area (Å²) in [4.78, 5) is 36.7. The largest absolute Gasteiger partial charge is 0.480 e. The summed E-state index contributed by atoms with van der Waals surface area (Å²) in [5, 5.41) is 9.12. The number of nitrogens with two attached hydrogens (primary N) is 1.